The van der Waals surface area contributed by atoms with E-state index in [1.165, 1.54) is 0 Å². The lowest BCUT2D eigenvalue weighted by Gasteiger charge is -2.19. The van der Waals surface area contributed by atoms with Gasteiger partial charge in [-0.05, 0) is 29.0 Å². The summed E-state index contributed by atoms with van der Waals surface area (Å²) in [6, 6.07) is 5.83. The number of halogens is 1. The summed E-state index contributed by atoms with van der Waals surface area (Å²) in [7, 11) is 0. The molecular formula is C15H21ClN2O. The minimum Gasteiger partial charge on any atom is -0.338 e. The van der Waals surface area contributed by atoms with Gasteiger partial charge in [-0.1, -0.05) is 37.6 Å². The number of likely N-dealkylation sites (tertiary alicyclic amines) is 1. The normalized spacial score (nSPS) is 19.5. The molecule has 1 aromatic carbocycles. The van der Waals surface area contributed by atoms with Crippen LogP contribution in [-0.2, 0) is 17.9 Å². The van der Waals surface area contributed by atoms with E-state index in [4.69, 9.17) is 17.3 Å². The number of amides is 1. The highest BCUT2D eigenvalue weighted by Gasteiger charge is 2.31. The van der Waals surface area contributed by atoms with E-state index in [1.54, 1.807) is 0 Å². The number of rotatable bonds is 4. The number of hydrogen-bond acceptors (Lipinski definition) is 2. The van der Waals surface area contributed by atoms with Gasteiger partial charge in [-0.2, -0.15) is 0 Å². The lowest BCUT2D eigenvalue weighted by atomic mass is 9.95. The van der Waals surface area contributed by atoms with Crippen LogP contribution in [0.15, 0.2) is 18.2 Å². The zero-order valence-electron chi connectivity index (χ0n) is 11.5. The Morgan fingerprint density at radius 3 is 2.74 bits per heavy atom. The molecule has 0 radical (unpaired) electrons. The molecule has 4 heteroatoms. The van der Waals surface area contributed by atoms with Crippen LogP contribution in [0.5, 0.6) is 0 Å². The largest absolute Gasteiger partial charge is 0.338 e. The van der Waals surface area contributed by atoms with Gasteiger partial charge in [0.2, 0.25) is 5.91 Å². The SMILES string of the molecule is CC(C)C1CC(=O)N(Cc2ccc(CN)cc2Cl)C1. The molecule has 0 aromatic heterocycles. The third kappa shape index (κ3) is 3.28. The third-order valence-corrected chi connectivity index (χ3v) is 4.25. The van der Waals surface area contributed by atoms with Crippen molar-refractivity contribution >= 4 is 17.5 Å². The molecule has 1 saturated heterocycles. The molecule has 0 aliphatic carbocycles. The van der Waals surface area contributed by atoms with Crippen molar-refractivity contribution < 1.29 is 4.79 Å². The average molecular weight is 281 g/mol. The van der Waals surface area contributed by atoms with Gasteiger partial charge in [0.1, 0.15) is 0 Å². The molecule has 0 bridgehead atoms. The highest BCUT2D eigenvalue weighted by Crippen LogP contribution is 2.28. The first-order valence-electron chi connectivity index (χ1n) is 6.76. The molecular weight excluding hydrogens is 260 g/mol. The van der Waals surface area contributed by atoms with E-state index >= 15 is 0 Å². The Hall–Kier alpha value is -1.06. The fraction of sp³-hybridized carbons (Fsp3) is 0.533. The average Bonchev–Trinajstić information content (AvgIpc) is 2.73. The van der Waals surface area contributed by atoms with Crippen LogP contribution >= 0.6 is 11.6 Å². The number of nitrogens with zero attached hydrogens (tertiary/aromatic N) is 1. The van der Waals surface area contributed by atoms with Crippen molar-refractivity contribution in [3.63, 3.8) is 0 Å². The van der Waals surface area contributed by atoms with E-state index in [-0.39, 0.29) is 5.91 Å². The van der Waals surface area contributed by atoms with Gasteiger partial charge in [-0.3, -0.25) is 4.79 Å². The number of benzene rings is 1. The zero-order chi connectivity index (χ0) is 14.0. The fourth-order valence-electron chi connectivity index (χ4n) is 2.45. The highest BCUT2D eigenvalue weighted by molar-refractivity contribution is 6.31. The second kappa shape index (κ2) is 5.93. The Morgan fingerprint density at radius 2 is 2.21 bits per heavy atom. The predicted molar refractivity (Wildman–Crippen MR) is 77.7 cm³/mol. The fourth-order valence-corrected chi connectivity index (χ4v) is 2.72. The Morgan fingerprint density at radius 1 is 1.47 bits per heavy atom. The highest BCUT2D eigenvalue weighted by atomic mass is 35.5. The first-order valence-corrected chi connectivity index (χ1v) is 7.14. The van der Waals surface area contributed by atoms with Crippen LogP contribution in [0.25, 0.3) is 0 Å². The summed E-state index contributed by atoms with van der Waals surface area (Å²) < 4.78 is 0. The van der Waals surface area contributed by atoms with Gasteiger partial charge in [0, 0.05) is 31.1 Å². The zero-order valence-corrected chi connectivity index (χ0v) is 12.3. The molecule has 1 aliphatic rings. The van der Waals surface area contributed by atoms with E-state index in [2.05, 4.69) is 13.8 Å². The van der Waals surface area contributed by atoms with Crippen LogP contribution in [0.4, 0.5) is 0 Å². The van der Waals surface area contributed by atoms with Gasteiger partial charge in [0.25, 0.3) is 0 Å². The maximum Gasteiger partial charge on any atom is 0.223 e. The van der Waals surface area contributed by atoms with Gasteiger partial charge < -0.3 is 10.6 Å². The van der Waals surface area contributed by atoms with Gasteiger partial charge in [0.15, 0.2) is 0 Å². The Labute approximate surface area is 119 Å². The molecule has 1 aliphatic heterocycles. The first-order chi connectivity index (χ1) is 9.01. The monoisotopic (exact) mass is 280 g/mol. The van der Waals surface area contributed by atoms with Crippen LogP contribution in [0, 0.1) is 11.8 Å². The summed E-state index contributed by atoms with van der Waals surface area (Å²) in [5.74, 6) is 1.25. The topological polar surface area (TPSA) is 46.3 Å². The molecule has 2 rings (SSSR count). The summed E-state index contributed by atoms with van der Waals surface area (Å²) in [6.45, 7) is 6.27. The number of carbonyl (C=O) groups is 1. The summed E-state index contributed by atoms with van der Waals surface area (Å²) in [6.07, 6.45) is 0.663. The first kappa shape index (κ1) is 14.4. The smallest absolute Gasteiger partial charge is 0.223 e. The standard InChI is InChI=1S/C15H21ClN2O/c1-10(2)13-6-15(19)18(9-13)8-12-4-3-11(7-17)5-14(12)16/h3-5,10,13H,6-9,17H2,1-2H3. The van der Waals surface area contributed by atoms with Crippen LogP contribution in [0.1, 0.15) is 31.4 Å². The van der Waals surface area contributed by atoms with Crippen molar-refractivity contribution in [3.05, 3.63) is 34.3 Å². The lowest BCUT2D eigenvalue weighted by Crippen LogP contribution is -2.25. The Balaban J connectivity index is 2.07. The van der Waals surface area contributed by atoms with Crippen molar-refractivity contribution in [2.45, 2.75) is 33.4 Å². The molecule has 104 valence electrons. The van der Waals surface area contributed by atoms with Gasteiger partial charge >= 0.3 is 0 Å². The van der Waals surface area contributed by atoms with E-state index < -0.39 is 0 Å². The molecule has 19 heavy (non-hydrogen) atoms. The lowest BCUT2D eigenvalue weighted by molar-refractivity contribution is -0.128. The maximum absolute atomic E-state index is 12.0. The summed E-state index contributed by atoms with van der Waals surface area (Å²) in [4.78, 5) is 13.9. The van der Waals surface area contributed by atoms with E-state index in [1.807, 2.05) is 23.1 Å². The summed E-state index contributed by atoms with van der Waals surface area (Å²) in [5, 5.41) is 0.698. The number of hydrogen-bond donors (Lipinski definition) is 1. The minimum absolute atomic E-state index is 0.234. The van der Waals surface area contributed by atoms with Gasteiger partial charge in [-0.15, -0.1) is 0 Å². The second-order valence-corrected chi connectivity index (χ2v) is 6.02. The second-order valence-electron chi connectivity index (χ2n) is 5.61. The van der Waals surface area contributed by atoms with E-state index in [9.17, 15) is 4.79 Å². The van der Waals surface area contributed by atoms with Gasteiger partial charge in [0.05, 0.1) is 0 Å². The molecule has 1 fully saturated rings. The molecule has 1 aromatic rings. The molecule has 1 amide bonds. The van der Waals surface area contributed by atoms with Crippen molar-refractivity contribution in [1.29, 1.82) is 0 Å². The third-order valence-electron chi connectivity index (χ3n) is 3.90. The summed E-state index contributed by atoms with van der Waals surface area (Å²) in [5.41, 5.74) is 7.59. The summed E-state index contributed by atoms with van der Waals surface area (Å²) >= 11 is 6.24. The molecule has 3 nitrogen and oxygen atoms in total. The quantitative estimate of drug-likeness (QED) is 0.922. The molecule has 1 unspecified atom stereocenters. The Kier molecular flexibility index (Phi) is 4.48. The molecule has 1 heterocycles. The minimum atomic E-state index is 0.234. The molecule has 0 saturated carbocycles. The number of carbonyl (C=O) groups excluding carboxylic acids is 1. The van der Waals surface area contributed by atoms with Crippen molar-refractivity contribution in [1.82, 2.24) is 4.90 Å². The van der Waals surface area contributed by atoms with E-state index in [0.29, 0.717) is 36.4 Å². The van der Waals surface area contributed by atoms with Crippen molar-refractivity contribution in [3.8, 4) is 0 Å². The maximum atomic E-state index is 12.0. The molecule has 2 N–H and O–H groups in total. The van der Waals surface area contributed by atoms with Crippen molar-refractivity contribution in [2.24, 2.45) is 17.6 Å². The predicted octanol–water partition coefficient (Wildman–Crippen LogP) is 2.80. The van der Waals surface area contributed by atoms with Crippen LogP contribution in [0.2, 0.25) is 5.02 Å². The van der Waals surface area contributed by atoms with Gasteiger partial charge in [-0.25, -0.2) is 0 Å². The van der Waals surface area contributed by atoms with Crippen LogP contribution in [0.3, 0.4) is 0 Å². The Bertz CT molecular complexity index is 473. The van der Waals surface area contributed by atoms with E-state index in [0.717, 1.165) is 17.7 Å². The van der Waals surface area contributed by atoms with Crippen LogP contribution in [-0.4, -0.2) is 17.4 Å². The van der Waals surface area contributed by atoms with Crippen molar-refractivity contribution in [2.75, 3.05) is 6.54 Å². The molecule has 1 atom stereocenters. The van der Waals surface area contributed by atoms with Crippen LogP contribution < -0.4 is 5.73 Å². The molecule has 0 spiro atoms. The number of nitrogens with two attached hydrogens (primary N) is 1.